The second-order valence-corrected chi connectivity index (χ2v) is 5.29. The van der Waals surface area contributed by atoms with E-state index in [1.165, 1.54) is 12.0 Å². The van der Waals surface area contributed by atoms with Crippen LogP contribution in [0.1, 0.15) is 31.2 Å². The first kappa shape index (κ1) is 11.0. The third-order valence-corrected chi connectivity index (χ3v) is 3.91. The lowest BCUT2D eigenvalue weighted by molar-refractivity contribution is 0.0382. The largest absolute Gasteiger partial charge is 0.379 e. The summed E-state index contributed by atoms with van der Waals surface area (Å²) < 4.78 is 0. The quantitative estimate of drug-likeness (QED) is 0.582. The minimum Gasteiger partial charge on any atom is -0.379 e. The highest BCUT2D eigenvalue weighted by Gasteiger charge is 2.35. The normalized spacial score (nSPS) is 31.5. The van der Waals surface area contributed by atoms with Crippen molar-refractivity contribution in [2.24, 2.45) is 5.92 Å². The van der Waals surface area contributed by atoms with Crippen molar-refractivity contribution < 1.29 is 5.11 Å². The fourth-order valence-corrected chi connectivity index (χ4v) is 2.75. The van der Waals surface area contributed by atoms with Gasteiger partial charge in [0.05, 0.1) is 0 Å². The van der Waals surface area contributed by atoms with Crippen LogP contribution in [0, 0.1) is 5.92 Å². The molecule has 0 aromatic heterocycles. The van der Waals surface area contributed by atoms with Crippen LogP contribution >= 0.6 is 12.6 Å². The maximum Gasteiger partial charge on any atom is 0.110 e. The van der Waals surface area contributed by atoms with Crippen molar-refractivity contribution in [3.8, 4) is 0 Å². The molecule has 82 valence electrons. The van der Waals surface area contributed by atoms with Crippen molar-refractivity contribution in [2.45, 2.75) is 37.0 Å². The molecule has 15 heavy (non-hydrogen) atoms. The molecule has 0 bridgehead atoms. The molecular weight excluding hydrogens is 204 g/mol. The minimum absolute atomic E-state index is 0.303. The van der Waals surface area contributed by atoms with Crippen LogP contribution in [0.3, 0.4) is 0 Å². The molecule has 1 N–H and O–H groups in total. The highest BCUT2D eigenvalue weighted by Crippen LogP contribution is 2.38. The maximum absolute atomic E-state index is 10.2. The van der Waals surface area contributed by atoms with E-state index >= 15 is 0 Å². The van der Waals surface area contributed by atoms with Crippen LogP contribution in [0.15, 0.2) is 30.3 Å². The van der Waals surface area contributed by atoms with Crippen LogP contribution < -0.4 is 0 Å². The molecule has 1 aliphatic rings. The fraction of sp³-hybridized carbons (Fsp3) is 0.538. The molecular formula is C13H18OS. The summed E-state index contributed by atoms with van der Waals surface area (Å²) >= 11 is 4.40. The lowest BCUT2D eigenvalue weighted by Crippen LogP contribution is -2.36. The Morgan fingerprint density at radius 1 is 1.27 bits per heavy atom. The van der Waals surface area contributed by atoms with Gasteiger partial charge in [-0.3, -0.25) is 0 Å². The van der Waals surface area contributed by atoms with Crippen LogP contribution in [0.4, 0.5) is 0 Å². The SMILES string of the molecule is OC1(S)CCCCC1Cc1ccccc1. The van der Waals surface area contributed by atoms with E-state index in [0.29, 0.717) is 5.92 Å². The molecule has 0 radical (unpaired) electrons. The van der Waals surface area contributed by atoms with Crippen molar-refractivity contribution in [3.05, 3.63) is 35.9 Å². The molecule has 0 saturated heterocycles. The summed E-state index contributed by atoms with van der Waals surface area (Å²) in [6.45, 7) is 0. The van der Waals surface area contributed by atoms with Gasteiger partial charge in [0.2, 0.25) is 0 Å². The van der Waals surface area contributed by atoms with Crippen molar-refractivity contribution in [3.63, 3.8) is 0 Å². The highest BCUT2D eigenvalue weighted by atomic mass is 32.1. The minimum atomic E-state index is -0.756. The van der Waals surface area contributed by atoms with E-state index in [4.69, 9.17) is 0 Å². The summed E-state index contributed by atoms with van der Waals surface area (Å²) in [4.78, 5) is -0.756. The Morgan fingerprint density at radius 2 is 2.00 bits per heavy atom. The molecule has 1 nitrogen and oxygen atoms in total. The first-order valence-electron chi connectivity index (χ1n) is 5.67. The maximum atomic E-state index is 10.2. The Hall–Kier alpha value is -0.470. The molecule has 2 unspecified atom stereocenters. The first-order valence-corrected chi connectivity index (χ1v) is 6.12. The highest BCUT2D eigenvalue weighted by molar-refractivity contribution is 7.81. The zero-order chi connectivity index (χ0) is 10.7. The van der Waals surface area contributed by atoms with Crippen LogP contribution in [0.2, 0.25) is 0 Å². The van der Waals surface area contributed by atoms with E-state index in [1.54, 1.807) is 0 Å². The Morgan fingerprint density at radius 3 is 2.67 bits per heavy atom. The van der Waals surface area contributed by atoms with Crippen molar-refractivity contribution in [1.82, 2.24) is 0 Å². The monoisotopic (exact) mass is 222 g/mol. The second kappa shape index (κ2) is 4.58. The first-order chi connectivity index (χ1) is 7.18. The molecule has 1 aromatic carbocycles. The summed E-state index contributed by atoms with van der Waals surface area (Å²) in [5, 5.41) is 10.2. The summed E-state index contributed by atoms with van der Waals surface area (Å²) in [5.41, 5.74) is 1.30. The van der Waals surface area contributed by atoms with Crippen LogP contribution in [-0.2, 0) is 6.42 Å². The summed E-state index contributed by atoms with van der Waals surface area (Å²) in [7, 11) is 0. The van der Waals surface area contributed by atoms with Crippen LogP contribution in [0.5, 0.6) is 0 Å². The molecule has 2 atom stereocenters. The van der Waals surface area contributed by atoms with Crippen molar-refractivity contribution in [1.29, 1.82) is 0 Å². The zero-order valence-corrected chi connectivity index (χ0v) is 9.79. The van der Waals surface area contributed by atoms with Gasteiger partial charge < -0.3 is 5.11 Å². The van der Waals surface area contributed by atoms with Gasteiger partial charge in [-0.25, -0.2) is 0 Å². The predicted octanol–water partition coefficient (Wildman–Crippen LogP) is 3.04. The van der Waals surface area contributed by atoms with Gasteiger partial charge in [-0.15, -0.1) is 12.6 Å². The molecule has 2 rings (SSSR count). The van der Waals surface area contributed by atoms with Gasteiger partial charge in [-0.1, -0.05) is 36.8 Å². The summed E-state index contributed by atoms with van der Waals surface area (Å²) in [5.74, 6) is 0.303. The molecule has 0 amide bonds. The van der Waals surface area contributed by atoms with Gasteiger partial charge in [0.25, 0.3) is 0 Å². The van der Waals surface area contributed by atoms with Gasteiger partial charge in [-0.2, -0.15) is 0 Å². The van der Waals surface area contributed by atoms with E-state index < -0.39 is 4.93 Å². The Kier molecular flexibility index (Phi) is 3.37. The lowest BCUT2D eigenvalue weighted by Gasteiger charge is -2.36. The lowest BCUT2D eigenvalue weighted by atomic mass is 9.82. The standard InChI is InChI=1S/C13H18OS/c14-13(15)9-5-4-8-12(13)10-11-6-2-1-3-7-11/h1-3,6-7,12,14-15H,4-5,8-10H2. The molecule has 0 aliphatic heterocycles. The van der Waals surface area contributed by atoms with Crippen LogP contribution in [-0.4, -0.2) is 10.0 Å². The Bertz CT molecular complexity index is 308. The van der Waals surface area contributed by atoms with Gasteiger partial charge in [0.15, 0.2) is 0 Å². The summed E-state index contributed by atoms with van der Waals surface area (Å²) in [6, 6.07) is 10.4. The number of hydrogen-bond donors (Lipinski definition) is 2. The van der Waals surface area contributed by atoms with Crippen molar-refractivity contribution in [2.75, 3.05) is 0 Å². The zero-order valence-electron chi connectivity index (χ0n) is 8.89. The number of aliphatic hydroxyl groups is 1. The number of benzene rings is 1. The van der Waals surface area contributed by atoms with E-state index in [2.05, 4.69) is 36.9 Å². The van der Waals surface area contributed by atoms with Gasteiger partial charge in [-0.05, 0) is 31.2 Å². The van der Waals surface area contributed by atoms with Gasteiger partial charge in [0, 0.05) is 5.92 Å². The van der Waals surface area contributed by atoms with E-state index in [9.17, 15) is 5.11 Å². The van der Waals surface area contributed by atoms with E-state index in [1.807, 2.05) is 6.07 Å². The van der Waals surface area contributed by atoms with Crippen molar-refractivity contribution >= 4 is 12.6 Å². The Labute approximate surface area is 96.9 Å². The molecule has 1 aliphatic carbocycles. The van der Waals surface area contributed by atoms with E-state index in [0.717, 1.165) is 25.7 Å². The Balaban J connectivity index is 2.05. The number of hydrogen-bond acceptors (Lipinski definition) is 2. The molecule has 0 heterocycles. The van der Waals surface area contributed by atoms with Crippen LogP contribution in [0.25, 0.3) is 0 Å². The third-order valence-electron chi connectivity index (χ3n) is 3.33. The fourth-order valence-electron chi connectivity index (χ4n) is 2.38. The molecule has 1 fully saturated rings. The van der Waals surface area contributed by atoms with E-state index in [-0.39, 0.29) is 0 Å². The second-order valence-electron chi connectivity index (χ2n) is 4.51. The number of thiol groups is 1. The molecule has 1 aromatic rings. The average Bonchev–Trinajstić information content (AvgIpc) is 2.23. The van der Waals surface area contributed by atoms with Gasteiger partial charge in [0.1, 0.15) is 4.93 Å². The third kappa shape index (κ3) is 2.76. The predicted molar refractivity (Wildman–Crippen MR) is 66.0 cm³/mol. The smallest absolute Gasteiger partial charge is 0.110 e. The molecule has 2 heteroatoms. The average molecular weight is 222 g/mol. The number of rotatable bonds is 2. The summed E-state index contributed by atoms with van der Waals surface area (Å²) in [6.07, 6.45) is 5.19. The topological polar surface area (TPSA) is 20.2 Å². The molecule has 0 spiro atoms. The van der Waals surface area contributed by atoms with Gasteiger partial charge >= 0.3 is 0 Å². The molecule has 1 saturated carbocycles.